The Balaban J connectivity index is 2.15. The molecule has 0 aliphatic heterocycles. The molecule has 0 saturated carbocycles. The third-order valence-corrected chi connectivity index (χ3v) is 4.17. The SMILES string of the molecule is CCc1ccc(-c2c3ccccc3cc3ccccc23)[nH]1. The van der Waals surface area contributed by atoms with E-state index in [9.17, 15) is 0 Å². The van der Waals surface area contributed by atoms with Crippen LogP contribution in [0.15, 0.2) is 66.7 Å². The van der Waals surface area contributed by atoms with Gasteiger partial charge in [-0.2, -0.15) is 0 Å². The first-order valence-electron chi connectivity index (χ1n) is 7.45. The minimum atomic E-state index is 1.03. The van der Waals surface area contributed by atoms with Crippen molar-refractivity contribution in [1.82, 2.24) is 4.98 Å². The minimum absolute atomic E-state index is 1.03. The zero-order chi connectivity index (χ0) is 14.2. The maximum atomic E-state index is 3.56. The number of fused-ring (bicyclic) bond motifs is 2. The molecule has 21 heavy (non-hydrogen) atoms. The molecule has 0 saturated heterocycles. The molecule has 0 aliphatic rings. The van der Waals surface area contributed by atoms with Gasteiger partial charge in [-0.15, -0.1) is 0 Å². The third-order valence-electron chi connectivity index (χ3n) is 4.17. The molecule has 1 aromatic heterocycles. The largest absolute Gasteiger partial charge is 0.358 e. The summed E-state index contributed by atoms with van der Waals surface area (Å²) in [6.45, 7) is 2.18. The monoisotopic (exact) mass is 271 g/mol. The smallest absolute Gasteiger partial charge is 0.0468 e. The van der Waals surface area contributed by atoms with Crippen molar-refractivity contribution in [3.63, 3.8) is 0 Å². The van der Waals surface area contributed by atoms with Crippen LogP contribution in [0.2, 0.25) is 0 Å². The zero-order valence-corrected chi connectivity index (χ0v) is 12.1. The summed E-state index contributed by atoms with van der Waals surface area (Å²) < 4.78 is 0. The molecule has 4 aromatic rings. The van der Waals surface area contributed by atoms with Gasteiger partial charge in [0.15, 0.2) is 0 Å². The van der Waals surface area contributed by atoms with E-state index in [0.29, 0.717) is 0 Å². The van der Waals surface area contributed by atoms with Gasteiger partial charge in [0.2, 0.25) is 0 Å². The summed E-state index contributed by atoms with van der Waals surface area (Å²) in [6.07, 6.45) is 1.03. The average molecular weight is 271 g/mol. The molecular weight excluding hydrogens is 254 g/mol. The Labute approximate surface area is 124 Å². The second-order valence-electron chi connectivity index (χ2n) is 5.44. The highest BCUT2D eigenvalue weighted by Crippen LogP contribution is 2.35. The normalized spacial score (nSPS) is 11.3. The summed E-state index contributed by atoms with van der Waals surface area (Å²) in [4.78, 5) is 3.56. The van der Waals surface area contributed by atoms with Gasteiger partial charge in [-0.25, -0.2) is 0 Å². The van der Waals surface area contributed by atoms with Crippen LogP contribution in [0.3, 0.4) is 0 Å². The number of aromatic amines is 1. The molecule has 0 radical (unpaired) electrons. The fourth-order valence-corrected chi connectivity index (χ4v) is 3.10. The van der Waals surface area contributed by atoms with E-state index in [-0.39, 0.29) is 0 Å². The number of aromatic nitrogens is 1. The van der Waals surface area contributed by atoms with Gasteiger partial charge in [0.25, 0.3) is 0 Å². The quantitative estimate of drug-likeness (QED) is 0.460. The molecule has 0 bridgehead atoms. The van der Waals surface area contributed by atoms with Crippen molar-refractivity contribution < 1.29 is 0 Å². The lowest BCUT2D eigenvalue weighted by Crippen LogP contribution is -1.86. The van der Waals surface area contributed by atoms with Gasteiger partial charge in [0.1, 0.15) is 0 Å². The molecule has 3 aromatic carbocycles. The van der Waals surface area contributed by atoms with Gasteiger partial charge >= 0.3 is 0 Å². The Morgan fingerprint density at radius 3 is 1.95 bits per heavy atom. The summed E-state index contributed by atoms with van der Waals surface area (Å²) in [6, 6.07) is 23.9. The molecule has 0 fully saturated rings. The lowest BCUT2D eigenvalue weighted by Gasteiger charge is -2.10. The molecule has 0 amide bonds. The fraction of sp³-hybridized carbons (Fsp3) is 0.100. The highest BCUT2D eigenvalue weighted by molar-refractivity contribution is 6.12. The van der Waals surface area contributed by atoms with Crippen LogP contribution >= 0.6 is 0 Å². The molecule has 0 atom stereocenters. The molecular formula is C20H17N. The summed E-state index contributed by atoms with van der Waals surface area (Å²) >= 11 is 0. The predicted molar refractivity (Wildman–Crippen MR) is 90.6 cm³/mol. The predicted octanol–water partition coefficient (Wildman–Crippen LogP) is 5.55. The van der Waals surface area contributed by atoms with E-state index in [2.05, 4.69) is 78.6 Å². The summed E-state index contributed by atoms with van der Waals surface area (Å²) in [5.74, 6) is 0. The molecule has 1 heteroatoms. The van der Waals surface area contributed by atoms with Crippen molar-refractivity contribution in [3.8, 4) is 11.3 Å². The van der Waals surface area contributed by atoms with Gasteiger partial charge in [0.05, 0.1) is 0 Å². The van der Waals surface area contributed by atoms with E-state index < -0.39 is 0 Å². The number of rotatable bonds is 2. The van der Waals surface area contributed by atoms with Crippen LogP contribution in [0.5, 0.6) is 0 Å². The van der Waals surface area contributed by atoms with E-state index in [4.69, 9.17) is 0 Å². The Kier molecular flexibility index (Phi) is 2.78. The molecule has 0 aliphatic carbocycles. The van der Waals surface area contributed by atoms with Crippen LogP contribution in [0.25, 0.3) is 32.8 Å². The Bertz CT molecular complexity index is 877. The molecule has 4 rings (SSSR count). The van der Waals surface area contributed by atoms with Gasteiger partial charge in [-0.3, -0.25) is 0 Å². The average Bonchev–Trinajstić information content (AvgIpc) is 3.01. The second-order valence-corrected chi connectivity index (χ2v) is 5.44. The van der Waals surface area contributed by atoms with Gasteiger partial charge in [-0.1, -0.05) is 55.5 Å². The number of nitrogens with one attached hydrogen (secondary N) is 1. The molecule has 0 spiro atoms. The summed E-state index contributed by atoms with van der Waals surface area (Å²) in [5, 5.41) is 5.19. The fourth-order valence-electron chi connectivity index (χ4n) is 3.10. The van der Waals surface area contributed by atoms with Crippen LogP contribution in [-0.2, 0) is 6.42 Å². The van der Waals surface area contributed by atoms with Gasteiger partial charge < -0.3 is 4.98 Å². The van der Waals surface area contributed by atoms with E-state index >= 15 is 0 Å². The van der Waals surface area contributed by atoms with E-state index in [1.165, 1.54) is 38.5 Å². The Hall–Kier alpha value is -2.54. The standard InChI is InChI=1S/C20H17N/c1-2-16-11-12-19(21-16)20-17-9-5-3-7-14(17)13-15-8-4-6-10-18(15)20/h3-13,21H,2H2,1H3. The van der Waals surface area contributed by atoms with Crippen LogP contribution in [0.1, 0.15) is 12.6 Å². The number of H-pyrrole nitrogens is 1. The number of hydrogen-bond donors (Lipinski definition) is 1. The molecule has 1 heterocycles. The minimum Gasteiger partial charge on any atom is -0.358 e. The zero-order valence-electron chi connectivity index (χ0n) is 12.1. The number of hydrogen-bond acceptors (Lipinski definition) is 0. The first kappa shape index (κ1) is 12.2. The van der Waals surface area contributed by atoms with Crippen LogP contribution in [0, 0.1) is 0 Å². The van der Waals surface area contributed by atoms with E-state index in [1.54, 1.807) is 0 Å². The highest BCUT2D eigenvalue weighted by atomic mass is 14.7. The van der Waals surface area contributed by atoms with Crippen molar-refractivity contribution in [2.45, 2.75) is 13.3 Å². The van der Waals surface area contributed by atoms with Crippen molar-refractivity contribution in [2.75, 3.05) is 0 Å². The molecule has 102 valence electrons. The summed E-state index contributed by atoms with van der Waals surface area (Å²) in [5.41, 5.74) is 3.80. The van der Waals surface area contributed by atoms with Crippen molar-refractivity contribution in [1.29, 1.82) is 0 Å². The lowest BCUT2D eigenvalue weighted by atomic mass is 9.95. The Morgan fingerprint density at radius 2 is 1.38 bits per heavy atom. The molecule has 0 unspecified atom stereocenters. The molecule has 1 N–H and O–H groups in total. The topological polar surface area (TPSA) is 15.8 Å². The van der Waals surface area contributed by atoms with Crippen LogP contribution in [0.4, 0.5) is 0 Å². The highest BCUT2D eigenvalue weighted by Gasteiger charge is 2.10. The maximum Gasteiger partial charge on any atom is 0.0468 e. The number of aryl methyl sites for hydroxylation is 1. The van der Waals surface area contributed by atoms with E-state index in [0.717, 1.165) is 6.42 Å². The van der Waals surface area contributed by atoms with Gasteiger partial charge in [-0.05, 0) is 46.2 Å². The lowest BCUT2D eigenvalue weighted by molar-refractivity contribution is 1.07. The first-order valence-corrected chi connectivity index (χ1v) is 7.45. The van der Waals surface area contributed by atoms with Crippen molar-refractivity contribution in [3.05, 3.63) is 72.4 Å². The van der Waals surface area contributed by atoms with Crippen LogP contribution < -0.4 is 0 Å². The maximum absolute atomic E-state index is 3.56. The second kappa shape index (κ2) is 4.78. The van der Waals surface area contributed by atoms with E-state index in [1.807, 2.05) is 0 Å². The Morgan fingerprint density at radius 1 is 0.762 bits per heavy atom. The molecule has 1 nitrogen and oxygen atoms in total. The van der Waals surface area contributed by atoms with Crippen molar-refractivity contribution >= 4 is 21.5 Å². The van der Waals surface area contributed by atoms with Gasteiger partial charge in [0, 0.05) is 17.0 Å². The third kappa shape index (κ3) is 1.93. The summed E-state index contributed by atoms with van der Waals surface area (Å²) in [7, 11) is 0. The first-order chi connectivity index (χ1) is 10.4. The van der Waals surface area contributed by atoms with Crippen molar-refractivity contribution in [2.24, 2.45) is 0 Å². The van der Waals surface area contributed by atoms with Crippen LogP contribution in [-0.4, -0.2) is 4.98 Å². The number of benzene rings is 3.